The predicted octanol–water partition coefficient (Wildman–Crippen LogP) is 1.69. The molecule has 2 aromatic rings. The summed E-state index contributed by atoms with van der Waals surface area (Å²) < 4.78 is 1.63. The van der Waals surface area contributed by atoms with E-state index in [4.69, 9.17) is 0 Å². The molecule has 0 saturated heterocycles. The highest BCUT2D eigenvalue weighted by Crippen LogP contribution is 2.38. The SMILES string of the molecule is CC(=O)N[C@H]1CC[C@](CNC(=O)Cn2cc(C)cn2)(c2ccccc2)CC[C@@H]1O. The first kappa shape index (κ1) is 21.0. The van der Waals surface area contributed by atoms with Crippen LogP contribution >= 0.6 is 0 Å². The Morgan fingerprint density at radius 3 is 2.62 bits per heavy atom. The highest BCUT2D eigenvalue weighted by Gasteiger charge is 2.38. The van der Waals surface area contributed by atoms with Crippen molar-refractivity contribution in [2.45, 2.75) is 63.6 Å². The molecule has 0 aliphatic heterocycles. The van der Waals surface area contributed by atoms with E-state index in [9.17, 15) is 14.7 Å². The van der Waals surface area contributed by atoms with Gasteiger partial charge in [0.25, 0.3) is 0 Å². The first-order valence-electron chi connectivity index (χ1n) is 10.1. The Morgan fingerprint density at radius 1 is 1.24 bits per heavy atom. The van der Waals surface area contributed by atoms with Crippen LogP contribution in [0.4, 0.5) is 0 Å². The van der Waals surface area contributed by atoms with E-state index in [-0.39, 0.29) is 29.8 Å². The van der Waals surface area contributed by atoms with Gasteiger partial charge in [0, 0.05) is 25.1 Å². The summed E-state index contributed by atoms with van der Waals surface area (Å²) in [5, 5.41) is 20.7. The maximum atomic E-state index is 12.5. The number of amides is 2. The minimum atomic E-state index is -0.591. The fourth-order valence-electron chi connectivity index (χ4n) is 4.19. The van der Waals surface area contributed by atoms with Gasteiger partial charge in [-0.15, -0.1) is 0 Å². The monoisotopic (exact) mass is 398 g/mol. The van der Waals surface area contributed by atoms with E-state index >= 15 is 0 Å². The first-order valence-corrected chi connectivity index (χ1v) is 10.1. The molecule has 0 bridgehead atoms. The molecule has 1 saturated carbocycles. The minimum Gasteiger partial charge on any atom is -0.391 e. The van der Waals surface area contributed by atoms with Gasteiger partial charge in [0.05, 0.1) is 18.3 Å². The van der Waals surface area contributed by atoms with E-state index < -0.39 is 6.10 Å². The third-order valence-corrected chi connectivity index (χ3v) is 5.78. The van der Waals surface area contributed by atoms with E-state index in [1.165, 1.54) is 6.92 Å². The van der Waals surface area contributed by atoms with Crippen LogP contribution in [-0.4, -0.2) is 45.4 Å². The molecule has 1 aliphatic rings. The lowest BCUT2D eigenvalue weighted by molar-refractivity contribution is -0.122. The zero-order valence-corrected chi connectivity index (χ0v) is 17.1. The van der Waals surface area contributed by atoms with Gasteiger partial charge in [-0.3, -0.25) is 14.3 Å². The second-order valence-electron chi connectivity index (χ2n) is 8.09. The molecule has 3 N–H and O–H groups in total. The Morgan fingerprint density at radius 2 is 1.97 bits per heavy atom. The number of aliphatic hydroxyl groups is 1. The van der Waals surface area contributed by atoms with Crippen molar-refractivity contribution in [3.63, 3.8) is 0 Å². The van der Waals surface area contributed by atoms with Crippen LogP contribution in [0.2, 0.25) is 0 Å². The number of nitrogens with zero attached hydrogens (tertiary/aromatic N) is 2. The second-order valence-corrected chi connectivity index (χ2v) is 8.09. The van der Waals surface area contributed by atoms with Gasteiger partial charge < -0.3 is 15.7 Å². The zero-order chi connectivity index (χ0) is 20.9. The molecule has 3 rings (SSSR count). The molecule has 7 heteroatoms. The minimum absolute atomic E-state index is 0.0911. The molecule has 0 radical (unpaired) electrons. The number of hydrogen-bond donors (Lipinski definition) is 3. The van der Waals surface area contributed by atoms with Crippen LogP contribution in [0, 0.1) is 6.92 Å². The number of aliphatic hydroxyl groups excluding tert-OH is 1. The molecule has 0 unspecified atom stereocenters. The molecule has 1 aromatic heterocycles. The van der Waals surface area contributed by atoms with E-state index in [1.807, 2.05) is 31.3 Å². The van der Waals surface area contributed by atoms with Crippen molar-refractivity contribution in [3.8, 4) is 0 Å². The van der Waals surface area contributed by atoms with E-state index in [0.717, 1.165) is 24.0 Å². The third-order valence-electron chi connectivity index (χ3n) is 5.78. The Hall–Kier alpha value is -2.67. The molecule has 2 amide bonds. The normalized spacial score (nSPS) is 24.5. The van der Waals surface area contributed by atoms with Gasteiger partial charge in [0.2, 0.25) is 11.8 Å². The van der Waals surface area contributed by atoms with Gasteiger partial charge in [-0.1, -0.05) is 30.3 Å². The predicted molar refractivity (Wildman–Crippen MR) is 110 cm³/mol. The fraction of sp³-hybridized carbons (Fsp3) is 0.500. The van der Waals surface area contributed by atoms with Crippen LogP contribution in [0.5, 0.6) is 0 Å². The molecule has 29 heavy (non-hydrogen) atoms. The topological polar surface area (TPSA) is 96.3 Å². The summed E-state index contributed by atoms with van der Waals surface area (Å²) >= 11 is 0. The number of aryl methyl sites for hydroxylation is 1. The molecule has 7 nitrogen and oxygen atoms in total. The van der Waals surface area contributed by atoms with Gasteiger partial charge >= 0.3 is 0 Å². The van der Waals surface area contributed by atoms with Crippen LogP contribution in [-0.2, 0) is 21.5 Å². The van der Waals surface area contributed by atoms with Crippen molar-refractivity contribution < 1.29 is 14.7 Å². The second kappa shape index (κ2) is 9.22. The van der Waals surface area contributed by atoms with Crippen molar-refractivity contribution in [3.05, 3.63) is 53.9 Å². The number of carbonyl (C=O) groups excluding carboxylic acids is 2. The van der Waals surface area contributed by atoms with Crippen LogP contribution in [0.1, 0.15) is 43.7 Å². The average molecular weight is 399 g/mol. The van der Waals surface area contributed by atoms with Crippen molar-refractivity contribution in [1.82, 2.24) is 20.4 Å². The molecular weight excluding hydrogens is 368 g/mol. The fourth-order valence-corrected chi connectivity index (χ4v) is 4.19. The van der Waals surface area contributed by atoms with Gasteiger partial charge in [0.15, 0.2) is 0 Å². The number of aromatic nitrogens is 2. The molecule has 1 heterocycles. The number of benzene rings is 1. The lowest BCUT2D eigenvalue weighted by Crippen LogP contribution is -2.42. The summed E-state index contributed by atoms with van der Waals surface area (Å²) in [5.74, 6) is -0.226. The zero-order valence-electron chi connectivity index (χ0n) is 17.1. The molecule has 0 spiro atoms. The summed E-state index contributed by atoms with van der Waals surface area (Å²) in [4.78, 5) is 24.0. The van der Waals surface area contributed by atoms with Crippen molar-refractivity contribution in [1.29, 1.82) is 0 Å². The number of rotatable bonds is 6. The van der Waals surface area contributed by atoms with E-state index in [2.05, 4.69) is 27.9 Å². The number of nitrogens with one attached hydrogen (secondary N) is 2. The molecule has 1 aliphatic carbocycles. The Balaban J connectivity index is 1.74. The van der Waals surface area contributed by atoms with Crippen LogP contribution in [0.15, 0.2) is 42.7 Å². The van der Waals surface area contributed by atoms with Crippen molar-refractivity contribution in [2.75, 3.05) is 6.54 Å². The average Bonchev–Trinajstić information content (AvgIpc) is 3.03. The quantitative estimate of drug-likeness (QED) is 0.645. The van der Waals surface area contributed by atoms with Crippen LogP contribution < -0.4 is 10.6 Å². The van der Waals surface area contributed by atoms with Crippen molar-refractivity contribution in [2.24, 2.45) is 0 Å². The standard InChI is InChI=1S/C22H30N4O3/c1-16-12-24-26(13-16)14-21(29)23-15-22(18-6-4-3-5-7-18)10-8-19(25-17(2)27)20(28)9-11-22/h3-7,12-13,19-20,28H,8-11,14-15H2,1-2H3,(H,23,29)(H,25,27)/t19-,20-,22-/m0/s1. The highest BCUT2D eigenvalue weighted by molar-refractivity contribution is 5.75. The summed E-state index contributed by atoms with van der Waals surface area (Å²) in [7, 11) is 0. The Bertz CT molecular complexity index is 836. The van der Waals surface area contributed by atoms with Gasteiger partial charge in [-0.05, 0) is 43.7 Å². The lowest BCUT2D eigenvalue weighted by Gasteiger charge is -2.34. The largest absolute Gasteiger partial charge is 0.391 e. The van der Waals surface area contributed by atoms with Gasteiger partial charge in [0.1, 0.15) is 6.54 Å². The van der Waals surface area contributed by atoms with Crippen LogP contribution in [0.25, 0.3) is 0 Å². The van der Waals surface area contributed by atoms with Gasteiger partial charge in [-0.2, -0.15) is 5.10 Å². The number of hydrogen-bond acceptors (Lipinski definition) is 4. The lowest BCUT2D eigenvalue weighted by atomic mass is 9.74. The summed E-state index contributed by atoms with van der Waals surface area (Å²) in [6.45, 7) is 4.07. The molecule has 1 aromatic carbocycles. The molecule has 1 fully saturated rings. The highest BCUT2D eigenvalue weighted by atomic mass is 16.3. The maximum Gasteiger partial charge on any atom is 0.241 e. The first-order chi connectivity index (χ1) is 13.9. The Kier molecular flexibility index (Phi) is 6.69. The Labute approximate surface area is 171 Å². The maximum absolute atomic E-state index is 12.5. The molecular formula is C22H30N4O3. The van der Waals surface area contributed by atoms with E-state index in [0.29, 0.717) is 19.4 Å². The summed E-state index contributed by atoms with van der Waals surface area (Å²) in [5.41, 5.74) is 1.87. The summed E-state index contributed by atoms with van der Waals surface area (Å²) in [6.07, 6.45) is 5.69. The number of carbonyl (C=O) groups is 2. The van der Waals surface area contributed by atoms with Crippen LogP contribution in [0.3, 0.4) is 0 Å². The van der Waals surface area contributed by atoms with E-state index in [1.54, 1.807) is 10.9 Å². The smallest absolute Gasteiger partial charge is 0.241 e. The molecule has 3 atom stereocenters. The van der Waals surface area contributed by atoms with Crippen molar-refractivity contribution >= 4 is 11.8 Å². The molecule has 156 valence electrons. The summed E-state index contributed by atoms with van der Waals surface area (Å²) in [6, 6.07) is 9.86. The van der Waals surface area contributed by atoms with Gasteiger partial charge in [-0.25, -0.2) is 0 Å². The third kappa shape index (κ3) is 5.44.